The van der Waals surface area contributed by atoms with Gasteiger partial charge in [-0.25, -0.2) is 9.97 Å². The minimum atomic E-state index is -0.786. The van der Waals surface area contributed by atoms with Crippen LogP contribution in [-0.4, -0.2) is 31.0 Å². The molecule has 3 aromatic heterocycles. The van der Waals surface area contributed by atoms with E-state index in [1.165, 1.54) is 0 Å². The van der Waals surface area contributed by atoms with Gasteiger partial charge in [0.1, 0.15) is 0 Å². The molecule has 0 radical (unpaired) electrons. The fourth-order valence-electron chi connectivity index (χ4n) is 3.71. The Morgan fingerprint density at radius 1 is 0.618 bits per heavy atom. The highest BCUT2D eigenvalue weighted by molar-refractivity contribution is 5.77. The Morgan fingerprint density at radius 3 is 1.53 bits per heavy atom. The van der Waals surface area contributed by atoms with Gasteiger partial charge in [0.25, 0.3) is 0 Å². The second-order valence-corrected chi connectivity index (χ2v) is 7.96. The Bertz CT molecular complexity index is 1470. The average molecular weight is 447 g/mol. The first kappa shape index (κ1) is 21.2. The highest BCUT2D eigenvalue weighted by atomic mass is 16.4. The Morgan fingerprint density at radius 2 is 1.06 bits per heavy atom. The molecule has 0 saturated carbocycles. The van der Waals surface area contributed by atoms with E-state index < -0.39 is 5.97 Å². The molecule has 6 rings (SSSR count). The monoisotopic (exact) mass is 446 g/mol. The fourth-order valence-corrected chi connectivity index (χ4v) is 3.71. The van der Waals surface area contributed by atoms with Gasteiger partial charge in [-0.05, 0) is 78.4 Å². The minimum Gasteiger partial charge on any atom is -0.481 e. The van der Waals surface area contributed by atoms with Crippen molar-refractivity contribution >= 4 is 52.3 Å². The SMILES string of the molecule is C1=Cc2cc3ccc(cc4ccc(cc5nc(cc1n2)C=C5)[nH]4)[nH]3.O=C(O)Cc1ccccc1. The van der Waals surface area contributed by atoms with Crippen molar-refractivity contribution in [3.8, 4) is 0 Å². The van der Waals surface area contributed by atoms with Crippen LogP contribution in [-0.2, 0) is 11.2 Å². The molecule has 0 amide bonds. The van der Waals surface area contributed by atoms with Crippen LogP contribution in [0.1, 0.15) is 28.3 Å². The average Bonchev–Trinajstić information content (AvgIpc) is 3.61. The van der Waals surface area contributed by atoms with Gasteiger partial charge in [0.2, 0.25) is 0 Å². The highest BCUT2D eigenvalue weighted by Gasteiger charge is 2.02. The standard InChI is InChI=1S/C20H14N4.C8H8O2/c1-2-14-10-16-5-6-18(23-16)12-20-8-7-19(24-20)11-17-4-3-15(22-17)9-13(1)21-14;9-8(10)6-7-4-2-1-3-5-7/h1-12,21-22H;1-5H,6H2,(H,9,10). The molecule has 0 unspecified atom stereocenters. The lowest BCUT2D eigenvalue weighted by Gasteiger charge is -1.92. The number of carboxylic acids is 1. The van der Waals surface area contributed by atoms with Crippen molar-refractivity contribution in [2.24, 2.45) is 0 Å². The number of rotatable bonds is 2. The Hall–Kier alpha value is -4.71. The summed E-state index contributed by atoms with van der Waals surface area (Å²) in [5.41, 5.74) is 8.70. The Kier molecular flexibility index (Phi) is 5.86. The van der Waals surface area contributed by atoms with E-state index in [2.05, 4.69) is 50.3 Å². The molecule has 0 saturated heterocycles. The van der Waals surface area contributed by atoms with E-state index in [1.807, 2.05) is 60.7 Å². The van der Waals surface area contributed by atoms with Crippen LogP contribution in [0.15, 0.2) is 78.9 Å². The van der Waals surface area contributed by atoms with Crippen molar-refractivity contribution in [2.75, 3.05) is 0 Å². The number of aromatic nitrogens is 4. The summed E-state index contributed by atoms with van der Waals surface area (Å²) in [7, 11) is 0. The lowest BCUT2D eigenvalue weighted by Crippen LogP contribution is -1.98. The predicted molar refractivity (Wildman–Crippen MR) is 137 cm³/mol. The zero-order valence-corrected chi connectivity index (χ0v) is 18.3. The normalized spacial score (nSPS) is 11.6. The van der Waals surface area contributed by atoms with Crippen LogP contribution >= 0.6 is 0 Å². The quantitative estimate of drug-likeness (QED) is 0.305. The van der Waals surface area contributed by atoms with E-state index >= 15 is 0 Å². The first-order chi connectivity index (χ1) is 16.6. The number of hydrogen-bond acceptors (Lipinski definition) is 3. The van der Waals surface area contributed by atoms with Gasteiger partial charge in [0, 0.05) is 22.1 Å². The van der Waals surface area contributed by atoms with E-state index in [-0.39, 0.29) is 6.42 Å². The largest absolute Gasteiger partial charge is 0.481 e. The van der Waals surface area contributed by atoms with Crippen molar-refractivity contribution in [3.63, 3.8) is 0 Å². The maximum absolute atomic E-state index is 10.2. The maximum atomic E-state index is 10.2. The summed E-state index contributed by atoms with van der Waals surface area (Å²) < 4.78 is 0. The Balaban J connectivity index is 0.000000204. The second-order valence-electron chi connectivity index (χ2n) is 7.96. The molecule has 1 aromatic carbocycles. The van der Waals surface area contributed by atoms with Gasteiger partial charge in [0.05, 0.1) is 29.2 Å². The summed E-state index contributed by atoms with van der Waals surface area (Å²) in [6.45, 7) is 0. The first-order valence-corrected chi connectivity index (χ1v) is 10.9. The Labute approximate surface area is 196 Å². The van der Waals surface area contributed by atoms with Crippen LogP contribution in [0.2, 0.25) is 0 Å². The number of carboxylic acid groups (broad SMARTS) is 1. The van der Waals surface area contributed by atoms with Gasteiger partial charge in [-0.3, -0.25) is 4.79 Å². The molecule has 0 spiro atoms. The molecule has 5 heterocycles. The van der Waals surface area contributed by atoms with Gasteiger partial charge in [-0.15, -0.1) is 0 Å². The van der Waals surface area contributed by atoms with Crippen LogP contribution in [0.25, 0.3) is 46.4 Å². The molecule has 8 bridgehead atoms. The van der Waals surface area contributed by atoms with E-state index in [0.717, 1.165) is 50.4 Å². The number of nitrogens with zero attached hydrogens (tertiary/aromatic N) is 2. The van der Waals surface area contributed by atoms with Gasteiger partial charge in [-0.1, -0.05) is 30.3 Å². The molecular formula is C28H22N4O2. The van der Waals surface area contributed by atoms with E-state index in [0.29, 0.717) is 0 Å². The predicted octanol–water partition coefficient (Wildman–Crippen LogP) is 5.97. The zero-order chi connectivity index (χ0) is 23.3. The number of benzene rings is 1. The van der Waals surface area contributed by atoms with Crippen molar-refractivity contribution in [1.29, 1.82) is 0 Å². The third-order valence-corrected chi connectivity index (χ3v) is 5.24. The summed E-state index contributed by atoms with van der Waals surface area (Å²) in [5, 5.41) is 8.37. The lowest BCUT2D eigenvalue weighted by atomic mass is 10.2. The second kappa shape index (κ2) is 9.42. The van der Waals surface area contributed by atoms with Crippen molar-refractivity contribution in [2.45, 2.75) is 6.42 Å². The third kappa shape index (κ3) is 5.37. The van der Waals surface area contributed by atoms with Crippen molar-refractivity contribution < 1.29 is 9.90 Å². The van der Waals surface area contributed by atoms with Crippen LogP contribution in [0, 0.1) is 0 Å². The number of nitrogens with one attached hydrogen (secondary N) is 2. The first-order valence-electron chi connectivity index (χ1n) is 10.9. The molecule has 0 fully saturated rings. The zero-order valence-electron chi connectivity index (χ0n) is 18.3. The number of aliphatic carboxylic acids is 1. The summed E-state index contributed by atoms with van der Waals surface area (Å²) >= 11 is 0. The number of fused-ring (bicyclic) bond motifs is 8. The van der Waals surface area contributed by atoms with E-state index in [9.17, 15) is 4.79 Å². The number of hydrogen-bond donors (Lipinski definition) is 3. The molecule has 0 atom stereocenters. The molecule has 166 valence electrons. The molecule has 3 N–H and O–H groups in total. The fraction of sp³-hybridized carbons (Fsp3) is 0.0357. The molecule has 2 aliphatic rings. The van der Waals surface area contributed by atoms with Gasteiger partial charge >= 0.3 is 5.97 Å². The molecule has 6 nitrogen and oxygen atoms in total. The molecule has 6 heteroatoms. The summed E-state index contributed by atoms with van der Waals surface area (Å²) in [6.07, 6.45) is 8.16. The molecule has 2 aliphatic heterocycles. The maximum Gasteiger partial charge on any atom is 0.307 e. The number of aromatic amines is 2. The molecule has 34 heavy (non-hydrogen) atoms. The van der Waals surface area contributed by atoms with E-state index in [4.69, 9.17) is 5.11 Å². The summed E-state index contributed by atoms with van der Waals surface area (Å²) in [4.78, 5) is 26.2. The number of H-pyrrole nitrogens is 2. The minimum absolute atomic E-state index is 0.112. The summed E-state index contributed by atoms with van der Waals surface area (Å²) in [6, 6.07) is 25.5. The van der Waals surface area contributed by atoms with Crippen LogP contribution in [0.5, 0.6) is 0 Å². The lowest BCUT2D eigenvalue weighted by molar-refractivity contribution is -0.136. The molecule has 0 aliphatic carbocycles. The van der Waals surface area contributed by atoms with Crippen molar-refractivity contribution in [3.05, 3.63) is 107 Å². The van der Waals surface area contributed by atoms with Gasteiger partial charge in [0.15, 0.2) is 0 Å². The topological polar surface area (TPSA) is 94.7 Å². The van der Waals surface area contributed by atoms with Crippen LogP contribution < -0.4 is 0 Å². The van der Waals surface area contributed by atoms with Gasteiger partial charge in [-0.2, -0.15) is 0 Å². The van der Waals surface area contributed by atoms with Crippen molar-refractivity contribution in [1.82, 2.24) is 19.9 Å². The highest BCUT2D eigenvalue weighted by Crippen LogP contribution is 2.17. The summed E-state index contributed by atoms with van der Waals surface area (Å²) in [5.74, 6) is -0.786. The third-order valence-electron chi connectivity index (χ3n) is 5.24. The van der Waals surface area contributed by atoms with E-state index in [1.54, 1.807) is 12.1 Å². The van der Waals surface area contributed by atoms with Crippen LogP contribution in [0.3, 0.4) is 0 Å². The molecule has 4 aromatic rings. The van der Waals surface area contributed by atoms with Crippen LogP contribution in [0.4, 0.5) is 0 Å². The number of carbonyl (C=O) groups is 1. The molecular weight excluding hydrogens is 424 g/mol. The smallest absolute Gasteiger partial charge is 0.307 e. The van der Waals surface area contributed by atoms with Gasteiger partial charge < -0.3 is 15.1 Å².